The van der Waals surface area contributed by atoms with Crippen LogP contribution in [0.25, 0.3) is 0 Å². The lowest BCUT2D eigenvalue weighted by Gasteiger charge is -2.27. The summed E-state index contributed by atoms with van der Waals surface area (Å²) in [6.07, 6.45) is 2.68. The highest BCUT2D eigenvalue weighted by atomic mass is 32.7. The third-order valence-corrected chi connectivity index (χ3v) is 8.96. The van der Waals surface area contributed by atoms with E-state index < -0.39 is 24.9 Å². The van der Waals surface area contributed by atoms with Gasteiger partial charge in [-0.05, 0) is 44.4 Å². The molecule has 0 radical (unpaired) electrons. The molecule has 0 aliphatic rings. The predicted octanol–water partition coefficient (Wildman–Crippen LogP) is 5.66. The van der Waals surface area contributed by atoms with E-state index in [0.29, 0.717) is 50.3 Å². The molecule has 0 saturated heterocycles. The predicted molar refractivity (Wildman–Crippen MR) is 116 cm³/mol. The van der Waals surface area contributed by atoms with Crippen LogP contribution in [-0.4, -0.2) is 44.4 Å². The maximum absolute atomic E-state index is 13.1. The third kappa shape index (κ3) is 12.3. The second kappa shape index (κ2) is 16.2. The average Bonchev–Trinajstić information content (AvgIpc) is 2.67. The van der Waals surface area contributed by atoms with Crippen molar-refractivity contribution in [3.63, 3.8) is 0 Å². The Hall–Kier alpha value is 0.500. The molecule has 0 aromatic rings. The standard InChI is InChI=1S/C16H34O8P2S2/c1-6-11-20-25(18,21-12-7-2)28-16(15(17)19-10-5)24-26(27,22-13-8-3)23-14-9-4/h16H,6-14H2,1-5H3. The summed E-state index contributed by atoms with van der Waals surface area (Å²) >= 11 is 6.06. The highest BCUT2D eigenvalue weighted by Crippen LogP contribution is 2.65. The lowest BCUT2D eigenvalue weighted by atomic mass is 10.5. The van der Waals surface area contributed by atoms with Gasteiger partial charge < -0.3 is 22.8 Å². The quantitative estimate of drug-likeness (QED) is 0.139. The molecular weight excluding hydrogens is 446 g/mol. The van der Waals surface area contributed by atoms with Crippen LogP contribution in [0.5, 0.6) is 0 Å². The average molecular weight is 481 g/mol. The third-order valence-electron chi connectivity index (χ3n) is 2.74. The maximum atomic E-state index is 13.1. The number of ether oxygens (including phenoxy) is 1. The number of rotatable bonds is 18. The van der Waals surface area contributed by atoms with E-state index in [2.05, 4.69) is 0 Å². The SMILES string of the molecule is CCCOP(=O)(OCCC)SC(OP(=S)(OCCC)OCCC)C(=O)OCC. The number of carbonyl (C=O) groups excluding carboxylic acids is 1. The zero-order chi connectivity index (χ0) is 21.5. The van der Waals surface area contributed by atoms with E-state index in [-0.39, 0.29) is 19.8 Å². The molecule has 0 aliphatic heterocycles. The molecular formula is C16H34O8P2S2. The van der Waals surface area contributed by atoms with Gasteiger partial charge in [-0.2, -0.15) is 0 Å². The van der Waals surface area contributed by atoms with Crippen LogP contribution in [0.2, 0.25) is 0 Å². The van der Waals surface area contributed by atoms with Crippen molar-refractivity contribution in [2.24, 2.45) is 0 Å². The molecule has 0 fully saturated rings. The van der Waals surface area contributed by atoms with Crippen molar-refractivity contribution in [2.45, 2.75) is 65.7 Å². The fraction of sp³-hybridized carbons (Fsp3) is 0.938. The van der Waals surface area contributed by atoms with Gasteiger partial charge >= 0.3 is 19.5 Å². The minimum absolute atomic E-state index is 0.129. The lowest BCUT2D eigenvalue weighted by molar-refractivity contribution is -0.147. The highest BCUT2D eigenvalue weighted by Gasteiger charge is 2.40. The first-order valence-electron chi connectivity index (χ1n) is 9.61. The summed E-state index contributed by atoms with van der Waals surface area (Å²) in [5.41, 5.74) is -1.35. The highest BCUT2D eigenvalue weighted by molar-refractivity contribution is 8.55. The molecule has 0 rings (SSSR count). The van der Waals surface area contributed by atoms with Gasteiger partial charge in [0.25, 0.3) is 0 Å². The molecule has 8 nitrogen and oxygen atoms in total. The molecule has 1 unspecified atom stereocenters. The maximum Gasteiger partial charge on any atom is 0.392 e. The summed E-state index contributed by atoms with van der Waals surface area (Å²) in [5.74, 6) is -0.734. The molecule has 0 bridgehead atoms. The molecule has 1 atom stereocenters. The Balaban J connectivity index is 5.53. The van der Waals surface area contributed by atoms with E-state index in [1.165, 1.54) is 0 Å². The molecule has 0 spiro atoms. The van der Waals surface area contributed by atoms with Crippen LogP contribution < -0.4 is 0 Å². The van der Waals surface area contributed by atoms with Crippen LogP contribution in [0, 0.1) is 0 Å². The Morgan fingerprint density at radius 1 is 0.857 bits per heavy atom. The van der Waals surface area contributed by atoms with Gasteiger partial charge in [-0.1, -0.05) is 27.7 Å². The second-order valence-corrected chi connectivity index (χ2v) is 12.5. The molecule has 0 N–H and O–H groups in total. The van der Waals surface area contributed by atoms with E-state index in [0.717, 1.165) is 0 Å². The van der Waals surface area contributed by atoms with Gasteiger partial charge in [-0.3, -0.25) is 4.52 Å². The molecule has 0 aromatic carbocycles. The van der Waals surface area contributed by atoms with Gasteiger partial charge in [0.05, 0.1) is 33.0 Å². The lowest BCUT2D eigenvalue weighted by Crippen LogP contribution is -2.24. The number of carbonyl (C=O) groups is 1. The van der Waals surface area contributed by atoms with Gasteiger partial charge in [0.2, 0.25) is 5.44 Å². The van der Waals surface area contributed by atoms with Crippen LogP contribution in [0.1, 0.15) is 60.3 Å². The Labute approximate surface area is 178 Å². The number of hydrogen-bond acceptors (Lipinski definition) is 10. The van der Waals surface area contributed by atoms with E-state index in [9.17, 15) is 9.36 Å². The first-order chi connectivity index (χ1) is 13.3. The van der Waals surface area contributed by atoms with Crippen molar-refractivity contribution in [2.75, 3.05) is 33.0 Å². The summed E-state index contributed by atoms with van der Waals surface area (Å²) in [6.45, 7) is 3.55. The van der Waals surface area contributed by atoms with Crippen LogP contribution in [0.3, 0.4) is 0 Å². The normalized spacial score (nSPS) is 13.5. The smallest absolute Gasteiger partial charge is 0.392 e. The Kier molecular flexibility index (Phi) is 16.5. The molecule has 0 amide bonds. The molecule has 0 saturated carbocycles. The van der Waals surface area contributed by atoms with Crippen molar-refractivity contribution in [3.05, 3.63) is 0 Å². The van der Waals surface area contributed by atoms with Crippen LogP contribution in [0.4, 0.5) is 0 Å². The molecule has 0 aliphatic carbocycles. The minimum atomic E-state index is -3.67. The summed E-state index contributed by atoms with van der Waals surface area (Å²) in [5, 5.41) is 0. The van der Waals surface area contributed by atoms with E-state index in [1.54, 1.807) is 6.92 Å². The number of esters is 1. The van der Waals surface area contributed by atoms with Crippen molar-refractivity contribution >= 4 is 42.7 Å². The topological polar surface area (TPSA) is 89.5 Å². The van der Waals surface area contributed by atoms with Gasteiger partial charge in [0, 0.05) is 11.4 Å². The first kappa shape index (κ1) is 28.5. The van der Waals surface area contributed by atoms with Crippen molar-refractivity contribution in [1.82, 2.24) is 0 Å². The van der Waals surface area contributed by atoms with Gasteiger partial charge in [0.15, 0.2) is 0 Å². The molecule has 168 valence electrons. The first-order valence-corrected chi connectivity index (χ1v) is 15.2. The summed E-state index contributed by atoms with van der Waals surface area (Å²) in [4.78, 5) is 12.5. The van der Waals surface area contributed by atoms with Gasteiger partial charge in [-0.15, -0.1) is 0 Å². The van der Waals surface area contributed by atoms with Gasteiger partial charge in [-0.25, -0.2) is 9.36 Å². The van der Waals surface area contributed by atoms with Crippen LogP contribution in [-0.2, 0) is 48.5 Å². The van der Waals surface area contributed by atoms with E-state index in [1.807, 2.05) is 27.7 Å². The number of hydrogen-bond donors (Lipinski definition) is 0. The van der Waals surface area contributed by atoms with E-state index in [4.69, 9.17) is 39.2 Å². The molecule has 12 heteroatoms. The Bertz CT molecular complexity index is 461. The zero-order valence-corrected chi connectivity index (χ0v) is 20.8. The van der Waals surface area contributed by atoms with Crippen LogP contribution >= 0.6 is 24.9 Å². The van der Waals surface area contributed by atoms with Crippen molar-refractivity contribution in [1.29, 1.82) is 0 Å². The monoisotopic (exact) mass is 480 g/mol. The summed E-state index contributed by atoms with van der Waals surface area (Å²) < 4.78 is 46.0. The summed E-state index contributed by atoms with van der Waals surface area (Å²) in [6, 6.07) is 0. The van der Waals surface area contributed by atoms with Crippen molar-refractivity contribution in [3.8, 4) is 0 Å². The zero-order valence-electron chi connectivity index (χ0n) is 17.4. The van der Waals surface area contributed by atoms with Crippen LogP contribution in [0.15, 0.2) is 0 Å². The molecule has 0 aromatic heterocycles. The molecule has 28 heavy (non-hydrogen) atoms. The van der Waals surface area contributed by atoms with Crippen molar-refractivity contribution < 1.29 is 36.7 Å². The van der Waals surface area contributed by atoms with Gasteiger partial charge in [0.1, 0.15) is 0 Å². The second-order valence-electron chi connectivity index (χ2n) is 5.52. The fourth-order valence-corrected chi connectivity index (χ4v) is 7.77. The Morgan fingerprint density at radius 3 is 1.68 bits per heavy atom. The fourth-order valence-electron chi connectivity index (χ4n) is 1.56. The summed E-state index contributed by atoms with van der Waals surface area (Å²) in [7, 11) is 0. The largest absolute Gasteiger partial charge is 0.463 e. The van der Waals surface area contributed by atoms with E-state index >= 15 is 0 Å². The molecule has 0 heterocycles. The minimum Gasteiger partial charge on any atom is -0.463 e. The Morgan fingerprint density at radius 2 is 1.29 bits per heavy atom.